The first-order valence-electron chi connectivity index (χ1n) is 11.5. The number of benzene rings is 3. The van der Waals surface area contributed by atoms with Crippen LogP contribution in [0.3, 0.4) is 0 Å². The Morgan fingerprint density at radius 1 is 0.972 bits per heavy atom. The minimum atomic E-state index is -0.239. The van der Waals surface area contributed by atoms with Crippen molar-refractivity contribution in [3.8, 4) is 6.07 Å². The molecule has 1 N–H and O–H groups in total. The zero-order chi connectivity index (χ0) is 25.5. The third kappa shape index (κ3) is 6.07. The molecule has 3 aromatic carbocycles. The summed E-state index contributed by atoms with van der Waals surface area (Å²) in [7, 11) is 0. The molecule has 2 atom stereocenters. The molecule has 1 heterocycles. The van der Waals surface area contributed by atoms with E-state index in [4.69, 9.17) is 5.26 Å². The quantitative estimate of drug-likeness (QED) is 0.156. The number of hydrogen-bond acceptors (Lipinski definition) is 6. The van der Waals surface area contributed by atoms with E-state index in [1.165, 1.54) is 0 Å². The van der Waals surface area contributed by atoms with Crippen molar-refractivity contribution in [2.45, 2.75) is 23.0 Å². The van der Waals surface area contributed by atoms with Crippen LogP contribution in [-0.2, 0) is 0 Å². The average molecular weight is 608 g/mol. The number of para-hydroxylation sites is 1. The molecule has 0 radical (unpaired) electrons. The van der Waals surface area contributed by atoms with Gasteiger partial charge in [-0.05, 0) is 61.0 Å². The van der Waals surface area contributed by atoms with Gasteiger partial charge in [0.05, 0.1) is 44.4 Å². The maximum Gasteiger partial charge on any atom is 0.258 e. The van der Waals surface area contributed by atoms with E-state index in [1.54, 1.807) is 6.07 Å². The molecule has 0 saturated carbocycles. The molecule has 0 bridgehead atoms. The van der Waals surface area contributed by atoms with E-state index in [-0.39, 0.29) is 15.2 Å². The van der Waals surface area contributed by atoms with Crippen LogP contribution in [0.1, 0.15) is 34.4 Å². The largest absolute Gasteiger partial charge is 0.371 e. The number of azo groups is 1. The number of rotatable bonds is 9. The van der Waals surface area contributed by atoms with Gasteiger partial charge in [0, 0.05) is 18.8 Å². The molecule has 0 aliphatic rings. The number of aromatic amines is 1. The number of nitriles is 1. The lowest BCUT2D eigenvalue weighted by atomic mass is 10.1. The van der Waals surface area contributed by atoms with E-state index in [9.17, 15) is 4.79 Å². The molecule has 0 aliphatic carbocycles. The highest BCUT2D eigenvalue weighted by molar-refractivity contribution is 9.12. The van der Waals surface area contributed by atoms with Crippen LogP contribution >= 0.6 is 31.9 Å². The lowest BCUT2D eigenvalue weighted by molar-refractivity contribution is 0.827. The normalized spacial score (nSPS) is 12.9. The molecule has 182 valence electrons. The molecule has 4 aromatic rings. The molecule has 36 heavy (non-hydrogen) atoms. The van der Waals surface area contributed by atoms with Gasteiger partial charge < -0.3 is 9.88 Å². The van der Waals surface area contributed by atoms with Crippen molar-refractivity contribution in [3.63, 3.8) is 0 Å². The Kier molecular flexibility index (Phi) is 8.62. The molecule has 7 nitrogen and oxygen atoms in total. The summed E-state index contributed by atoms with van der Waals surface area (Å²) >= 11 is 7.41. The van der Waals surface area contributed by atoms with Gasteiger partial charge in [-0.25, -0.2) is 4.98 Å². The summed E-state index contributed by atoms with van der Waals surface area (Å²) in [6, 6.07) is 25.0. The van der Waals surface area contributed by atoms with Crippen molar-refractivity contribution in [2.75, 3.05) is 18.0 Å². The van der Waals surface area contributed by atoms with E-state index < -0.39 is 0 Å². The highest BCUT2D eigenvalue weighted by atomic mass is 79.9. The van der Waals surface area contributed by atoms with Crippen LogP contribution in [0.4, 0.5) is 17.1 Å². The fraction of sp³-hybridized carbons (Fsp3) is 0.222. The summed E-state index contributed by atoms with van der Waals surface area (Å²) in [5.41, 5.74) is 4.06. The lowest BCUT2D eigenvalue weighted by Crippen LogP contribution is -2.23. The summed E-state index contributed by atoms with van der Waals surface area (Å²) in [4.78, 5) is 21.7. The van der Waals surface area contributed by atoms with E-state index in [1.807, 2.05) is 66.7 Å². The first-order valence-corrected chi connectivity index (χ1v) is 13.3. The van der Waals surface area contributed by atoms with Crippen molar-refractivity contribution in [3.05, 3.63) is 94.5 Å². The summed E-state index contributed by atoms with van der Waals surface area (Å²) in [6.45, 7) is 3.62. The molecule has 9 heteroatoms. The summed E-state index contributed by atoms with van der Waals surface area (Å²) in [5.74, 6) is 0.557. The number of fused-ring (bicyclic) bond motifs is 1. The monoisotopic (exact) mass is 606 g/mol. The zero-order valence-electron chi connectivity index (χ0n) is 19.6. The average Bonchev–Trinajstić information content (AvgIpc) is 2.92. The van der Waals surface area contributed by atoms with Gasteiger partial charge in [-0.1, -0.05) is 56.1 Å². The Morgan fingerprint density at radius 2 is 1.61 bits per heavy atom. The van der Waals surface area contributed by atoms with Crippen LogP contribution in [0.2, 0.25) is 0 Å². The molecule has 0 aliphatic heterocycles. The lowest BCUT2D eigenvalue weighted by Gasteiger charge is -2.21. The summed E-state index contributed by atoms with van der Waals surface area (Å²) in [5, 5.41) is 18.1. The smallest absolute Gasteiger partial charge is 0.258 e. The Hall–Kier alpha value is -3.35. The van der Waals surface area contributed by atoms with E-state index >= 15 is 0 Å². The maximum absolute atomic E-state index is 12.4. The third-order valence-electron chi connectivity index (χ3n) is 5.73. The SMILES string of the molecule is CCN(CCC#N)c1ccc(N=Nc2ccc(C(Br)C(Br)c3nc4ccccc4c(=O)[nH]3)cc2)cc1. The number of H-pyrrole nitrogens is 1. The zero-order valence-corrected chi connectivity index (χ0v) is 22.8. The van der Waals surface area contributed by atoms with Crippen LogP contribution in [0.5, 0.6) is 0 Å². The van der Waals surface area contributed by atoms with Gasteiger partial charge in [0.15, 0.2) is 0 Å². The molecule has 1 aromatic heterocycles. The van der Waals surface area contributed by atoms with E-state index in [0.29, 0.717) is 29.7 Å². The number of hydrogen-bond donors (Lipinski definition) is 1. The van der Waals surface area contributed by atoms with Gasteiger partial charge in [0.25, 0.3) is 5.56 Å². The number of aromatic nitrogens is 2. The molecule has 2 unspecified atom stereocenters. The minimum absolute atomic E-state index is 0.122. The van der Waals surface area contributed by atoms with Crippen molar-refractivity contribution < 1.29 is 0 Å². The van der Waals surface area contributed by atoms with Gasteiger partial charge in [-0.2, -0.15) is 15.5 Å². The molecule has 0 fully saturated rings. The first-order chi connectivity index (χ1) is 17.5. The predicted octanol–water partition coefficient (Wildman–Crippen LogP) is 7.65. The van der Waals surface area contributed by atoms with Crippen molar-refractivity contribution in [2.24, 2.45) is 10.2 Å². The Labute approximate surface area is 226 Å². The number of anilines is 1. The van der Waals surface area contributed by atoms with Crippen LogP contribution in [0.25, 0.3) is 10.9 Å². The molecular formula is C27H24Br2N6O. The summed E-state index contributed by atoms with van der Waals surface area (Å²) < 4.78 is 0. The minimum Gasteiger partial charge on any atom is -0.371 e. The van der Waals surface area contributed by atoms with E-state index in [0.717, 1.165) is 29.2 Å². The molecule has 0 saturated heterocycles. The van der Waals surface area contributed by atoms with Gasteiger partial charge >= 0.3 is 0 Å². The molecule has 0 spiro atoms. The van der Waals surface area contributed by atoms with Crippen molar-refractivity contribution >= 4 is 59.8 Å². The molecule has 4 rings (SSSR count). The second-order valence-electron chi connectivity index (χ2n) is 8.07. The Bertz CT molecular complexity index is 1440. The summed E-state index contributed by atoms with van der Waals surface area (Å²) in [6.07, 6.45) is 0.493. The maximum atomic E-state index is 12.4. The second kappa shape index (κ2) is 12.1. The highest BCUT2D eigenvalue weighted by Gasteiger charge is 2.22. The second-order valence-corrected chi connectivity index (χ2v) is 10.0. The van der Waals surface area contributed by atoms with Gasteiger partial charge in [-0.3, -0.25) is 4.79 Å². The van der Waals surface area contributed by atoms with Crippen LogP contribution in [0, 0.1) is 11.3 Å². The predicted molar refractivity (Wildman–Crippen MR) is 151 cm³/mol. The van der Waals surface area contributed by atoms with Crippen LogP contribution in [0.15, 0.2) is 87.8 Å². The topological polar surface area (TPSA) is 97.5 Å². The number of nitrogens with one attached hydrogen (secondary N) is 1. The molecule has 0 amide bonds. The fourth-order valence-electron chi connectivity index (χ4n) is 3.77. The number of nitrogens with zero attached hydrogens (tertiary/aromatic N) is 5. The fourth-order valence-corrected chi connectivity index (χ4v) is 4.85. The Balaban J connectivity index is 1.43. The van der Waals surface area contributed by atoms with Crippen LogP contribution < -0.4 is 10.5 Å². The van der Waals surface area contributed by atoms with Gasteiger partial charge in [-0.15, -0.1) is 0 Å². The number of alkyl halides is 2. The highest BCUT2D eigenvalue weighted by Crippen LogP contribution is 2.41. The van der Waals surface area contributed by atoms with Crippen molar-refractivity contribution in [1.29, 1.82) is 5.26 Å². The standard InChI is InChI=1S/C27H24Br2N6O/c1-2-35(17-5-16-30)21-14-12-20(13-15-21)34-33-19-10-8-18(9-11-19)24(28)25(29)26-31-23-7-4-3-6-22(23)27(36)32-26/h3-4,6-15,24-25H,2,5,17H2,1H3,(H,31,32,36). The van der Waals surface area contributed by atoms with Gasteiger partial charge in [0.1, 0.15) is 5.82 Å². The third-order valence-corrected chi connectivity index (χ3v) is 8.46. The van der Waals surface area contributed by atoms with E-state index in [2.05, 4.69) is 69.9 Å². The first kappa shape index (κ1) is 25.7. The van der Waals surface area contributed by atoms with Gasteiger partial charge in [0.2, 0.25) is 0 Å². The van der Waals surface area contributed by atoms with Crippen LogP contribution in [-0.4, -0.2) is 23.1 Å². The Morgan fingerprint density at radius 3 is 2.25 bits per heavy atom. The number of halogens is 2. The van der Waals surface area contributed by atoms with Crippen molar-refractivity contribution in [1.82, 2.24) is 9.97 Å². The molecular weight excluding hydrogens is 584 g/mol.